The first-order chi connectivity index (χ1) is 9.97. The van der Waals surface area contributed by atoms with E-state index in [9.17, 15) is 10.2 Å². The molecular weight excluding hydrogens is 266 g/mol. The van der Waals surface area contributed by atoms with Crippen molar-refractivity contribution in [2.75, 3.05) is 26.2 Å². The topological polar surface area (TPSA) is 52.9 Å². The van der Waals surface area contributed by atoms with E-state index >= 15 is 0 Å². The van der Waals surface area contributed by atoms with Crippen molar-refractivity contribution in [3.8, 4) is 5.75 Å². The van der Waals surface area contributed by atoms with Gasteiger partial charge in [0.25, 0.3) is 0 Å². The summed E-state index contributed by atoms with van der Waals surface area (Å²) in [4.78, 5) is 2.11. The molecule has 2 atom stereocenters. The molecule has 1 fully saturated rings. The van der Waals surface area contributed by atoms with Gasteiger partial charge in [0.1, 0.15) is 18.5 Å². The van der Waals surface area contributed by atoms with Crippen LogP contribution in [-0.4, -0.2) is 53.6 Å². The molecule has 4 heteroatoms. The Morgan fingerprint density at radius 3 is 2.71 bits per heavy atom. The second kappa shape index (κ2) is 7.25. The first-order valence-corrected chi connectivity index (χ1v) is 7.75. The van der Waals surface area contributed by atoms with Gasteiger partial charge in [0.15, 0.2) is 0 Å². The van der Waals surface area contributed by atoms with Crippen molar-refractivity contribution in [2.45, 2.75) is 45.8 Å². The number of β-amino-alcohol motifs (C(OH)–C–C–N with tert-alkyl or cyclic N) is 2. The third-order valence-corrected chi connectivity index (χ3v) is 4.24. The van der Waals surface area contributed by atoms with Crippen molar-refractivity contribution in [3.05, 3.63) is 28.8 Å². The Balaban J connectivity index is 1.86. The minimum absolute atomic E-state index is 0.256. The van der Waals surface area contributed by atoms with Crippen molar-refractivity contribution in [2.24, 2.45) is 0 Å². The molecule has 1 aliphatic heterocycles. The van der Waals surface area contributed by atoms with Crippen LogP contribution in [0.2, 0.25) is 0 Å². The molecule has 0 amide bonds. The van der Waals surface area contributed by atoms with E-state index in [2.05, 4.69) is 17.9 Å². The van der Waals surface area contributed by atoms with Crippen molar-refractivity contribution in [1.29, 1.82) is 0 Å². The van der Waals surface area contributed by atoms with Gasteiger partial charge in [-0.2, -0.15) is 0 Å². The number of hydrogen-bond acceptors (Lipinski definition) is 4. The maximum atomic E-state index is 10.2. The zero-order chi connectivity index (χ0) is 15.4. The molecule has 1 aromatic carbocycles. The smallest absolute Gasteiger partial charge is 0.125 e. The number of rotatable bonds is 5. The monoisotopic (exact) mass is 293 g/mol. The summed E-state index contributed by atoms with van der Waals surface area (Å²) < 4.78 is 5.84. The number of benzene rings is 1. The molecule has 0 spiro atoms. The molecule has 2 N–H and O–H groups in total. The highest BCUT2D eigenvalue weighted by molar-refractivity contribution is 5.44. The largest absolute Gasteiger partial charge is 0.490 e. The summed E-state index contributed by atoms with van der Waals surface area (Å²) in [5.74, 6) is 0.882. The SMILES string of the molecule is Cc1ccc(C)c(OC[C@H](O)CN2CCC[C@H](O)C2)c1C. The lowest BCUT2D eigenvalue weighted by molar-refractivity contribution is 0.0241. The zero-order valence-corrected chi connectivity index (χ0v) is 13.3. The minimum atomic E-state index is -0.533. The molecule has 0 aromatic heterocycles. The summed E-state index contributed by atoms with van der Waals surface area (Å²) in [6.07, 6.45) is 1.07. The van der Waals surface area contributed by atoms with E-state index in [4.69, 9.17) is 4.74 Å². The molecule has 1 aliphatic rings. The predicted molar refractivity (Wildman–Crippen MR) is 83.8 cm³/mol. The molecule has 0 radical (unpaired) electrons. The highest BCUT2D eigenvalue weighted by Crippen LogP contribution is 2.25. The fraction of sp³-hybridized carbons (Fsp3) is 0.647. The first kappa shape index (κ1) is 16.3. The van der Waals surface area contributed by atoms with Crippen LogP contribution in [0.5, 0.6) is 5.75 Å². The van der Waals surface area contributed by atoms with Crippen molar-refractivity contribution >= 4 is 0 Å². The van der Waals surface area contributed by atoms with Crippen LogP contribution in [-0.2, 0) is 0 Å². The van der Waals surface area contributed by atoms with Crippen molar-refractivity contribution in [3.63, 3.8) is 0 Å². The van der Waals surface area contributed by atoms with Gasteiger partial charge in [-0.15, -0.1) is 0 Å². The molecule has 1 saturated heterocycles. The standard InChI is InChI=1S/C17H27NO3/c1-12-6-7-13(2)17(14(12)3)21-11-16(20)10-18-8-4-5-15(19)9-18/h6-7,15-16,19-20H,4-5,8-11H2,1-3H3/t15-,16+/m0/s1. The third-order valence-electron chi connectivity index (χ3n) is 4.24. The summed E-state index contributed by atoms with van der Waals surface area (Å²) in [5, 5.41) is 19.8. The Kier molecular flexibility index (Phi) is 5.62. The fourth-order valence-electron chi connectivity index (χ4n) is 2.87. The number of nitrogens with zero attached hydrogens (tertiary/aromatic N) is 1. The van der Waals surface area contributed by atoms with Crippen LogP contribution in [0.4, 0.5) is 0 Å². The molecular formula is C17H27NO3. The first-order valence-electron chi connectivity index (χ1n) is 7.75. The van der Waals surface area contributed by atoms with Crippen LogP contribution in [0.15, 0.2) is 12.1 Å². The lowest BCUT2D eigenvalue weighted by Gasteiger charge is -2.31. The van der Waals surface area contributed by atoms with Crippen LogP contribution in [0.3, 0.4) is 0 Å². The fourth-order valence-corrected chi connectivity index (χ4v) is 2.87. The Labute approximate surface area is 127 Å². The summed E-state index contributed by atoms with van der Waals surface area (Å²) in [6, 6.07) is 4.13. The van der Waals surface area contributed by atoms with Crippen LogP contribution in [0, 0.1) is 20.8 Å². The Morgan fingerprint density at radius 2 is 2.00 bits per heavy atom. The number of aryl methyl sites for hydroxylation is 2. The number of likely N-dealkylation sites (tertiary alicyclic amines) is 1. The number of aliphatic hydroxyl groups excluding tert-OH is 2. The van der Waals surface area contributed by atoms with Gasteiger partial charge in [-0.1, -0.05) is 12.1 Å². The van der Waals surface area contributed by atoms with E-state index in [-0.39, 0.29) is 12.7 Å². The number of hydrogen-bond donors (Lipinski definition) is 2. The highest BCUT2D eigenvalue weighted by Gasteiger charge is 2.20. The normalized spacial score (nSPS) is 21.3. The Bertz CT molecular complexity index is 475. The molecule has 0 bridgehead atoms. The van der Waals surface area contributed by atoms with Crippen molar-refractivity contribution < 1.29 is 14.9 Å². The van der Waals surface area contributed by atoms with E-state index in [0.29, 0.717) is 13.1 Å². The Hall–Kier alpha value is -1.10. The zero-order valence-electron chi connectivity index (χ0n) is 13.3. The maximum absolute atomic E-state index is 10.2. The molecule has 0 saturated carbocycles. The van der Waals surface area contributed by atoms with Crippen molar-refractivity contribution in [1.82, 2.24) is 4.90 Å². The van der Waals surface area contributed by atoms with Gasteiger partial charge >= 0.3 is 0 Å². The van der Waals surface area contributed by atoms with Crippen LogP contribution in [0.25, 0.3) is 0 Å². The average molecular weight is 293 g/mol. The molecule has 4 nitrogen and oxygen atoms in total. The van der Waals surface area contributed by atoms with Crippen LogP contribution in [0.1, 0.15) is 29.5 Å². The number of aliphatic hydroxyl groups is 2. The third kappa shape index (κ3) is 4.43. The summed E-state index contributed by atoms with van der Waals surface area (Å²) in [5.41, 5.74) is 3.43. The second-order valence-electron chi connectivity index (χ2n) is 6.17. The van der Waals surface area contributed by atoms with Gasteiger partial charge in [0.2, 0.25) is 0 Å². The van der Waals surface area contributed by atoms with E-state index < -0.39 is 6.10 Å². The lowest BCUT2D eigenvalue weighted by atomic mass is 10.1. The summed E-state index contributed by atoms with van der Waals surface area (Å²) in [7, 11) is 0. The van der Waals surface area contributed by atoms with E-state index in [0.717, 1.165) is 36.3 Å². The molecule has 2 rings (SSSR count). The molecule has 21 heavy (non-hydrogen) atoms. The van der Waals surface area contributed by atoms with Crippen LogP contribution >= 0.6 is 0 Å². The molecule has 0 unspecified atom stereocenters. The molecule has 118 valence electrons. The summed E-state index contributed by atoms with van der Waals surface area (Å²) >= 11 is 0. The lowest BCUT2D eigenvalue weighted by Crippen LogP contribution is -2.43. The summed E-state index contributed by atoms with van der Waals surface area (Å²) in [6.45, 7) is 8.57. The molecule has 1 heterocycles. The van der Waals surface area contributed by atoms with E-state index in [1.54, 1.807) is 0 Å². The molecule has 1 aromatic rings. The number of ether oxygens (including phenoxy) is 1. The molecule has 0 aliphatic carbocycles. The Morgan fingerprint density at radius 1 is 1.29 bits per heavy atom. The second-order valence-corrected chi connectivity index (χ2v) is 6.17. The van der Waals surface area contributed by atoms with Gasteiger partial charge in [0, 0.05) is 13.1 Å². The van der Waals surface area contributed by atoms with Gasteiger partial charge < -0.3 is 14.9 Å². The minimum Gasteiger partial charge on any atom is -0.490 e. The van der Waals surface area contributed by atoms with Gasteiger partial charge in [-0.25, -0.2) is 0 Å². The maximum Gasteiger partial charge on any atom is 0.125 e. The quantitative estimate of drug-likeness (QED) is 0.869. The number of piperidine rings is 1. The van der Waals surface area contributed by atoms with E-state index in [1.807, 2.05) is 19.9 Å². The predicted octanol–water partition coefficient (Wildman–Crippen LogP) is 1.81. The van der Waals surface area contributed by atoms with Gasteiger partial charge in [0.05, 0.1) is 6.10 Å². The highest BCUT2D eigenvalue weighted by atomic mass is 16.5. The van der Waals surface area contributed by atoms with E-state index in [1.165, 1.54) is 5.56 Å². The average Bonchev–Trinajstić information content (AvgIpc) is 2.43. The van der Waals surface area contributed by atoms with Gasteiger partial charge in [-0.05, 0) is 56.8 Å². The van der Waals surface area contributed by atoms with Gasteiger partial charge in [-0.3, -0.25) is 4.90 Å². The van der Waals surface area contributed by atoms with Crippen LogP contribution < -0.4 is 4.74 Å².